The van der Waals surface area contributed by atoms with E-state index < -0.39 is 83.8 Å². The lowest BCUT2D eigenvalue weighted by Crippen LogP contribution is -2.75. The van der Waals surface area contributed by atoms with Gasteiger partial charge in [-0.25, -0.2) is 4.74 Å². The fourth-order valence-corrected chi connectivity index (χ4v) is 2.19. The molecule has 0 saturated carbocycles. The van der Waals surface area contributed by atoms with E-state index in [1.54, 1.807) is 0 Å². The Hall–Kier alpha value is -2.14. The van der Waals surface area contributed by atoms with Crippen LogP contribution in [0.4, 0.5) is 132 Å². The summed E-state index contributed by atoms with van der Waals surface area (Å²) >= 11 is 0. The van der Waals surface area contributed by atoms with E-state index in [-0.39, 0.29) is 0 Å². The Morgan fingerprint density at radius 1 is 0.178 bits per heavy atom. The van der Waals surface area contributed by atoms with Crippen molar-refractivity contribution < 1.29 is 136 Å². The van der Waals surface area contributed by atoms with Gasteiger partial charge in [-0.2, -0.15) is 132 Å². The molecule has 0 heterocycles. The predicted molar refractivity (Wildman–Crippen MR) is 72.6 cm³/mol. The molecule has 0 fully saturated rings. The molecule has 45 heavy (non-hydrogen) atoms. The van der Waals surface area contributed by atoms with Crippen LogP contribution < -0.4 is 0 Å². The fourth-order valence-electron chi connectivity index (χ4n) is 2.19. The molecule has 0 unspecified atom stereocenters. The van der Waals surface area contributed by atoms with Crippen LogP contribution in [0.2, 0.25) is 0 Å². The molecular formula is C14F30O. The molecule has 0 rings (SSSR count). The zero-order valence-corrected chi connectivity index (χ0v) is 18.7. The van der Waals surface area contributed by atoms with E-state index in [0.717, 1.165) is 0 Å². The molecule has 0 aliphatic carbocycles. The van der Waals surface area contributed by atoms with Crippen molar-refractivity contribution in [3.05, 3.63) is 0 Å². The quantitative estimate of drug-likeness (QED) is 0.181. The second-order valence-electron chi connectivity index (χ2n) is 7.88. The molecule has 0 aliphatic heterocycles. The Balaban J connectivity index is 7.15. The zero-order chi connectivity index (χ0) is 37.7. The van der Waals surface area contributed by atoms with Gasteiger partial charge in [-0.05, 0) is 0 Å². The van der Waals surface area contributed by atoms with E-state index in [0.29, 0.717) is 4.74 Å². The van der Waals surface area contributed by atoms with Gasteiger partial charge < -0.3 is 0 Å². The SMILES string of the molecule is FC(F)(F)C(F)(F)C(F)(F)C(F)(F)C(F)(F)C(F)(F)C(F)(F)OC(F)(F)C(F)(F)C(F)(F)C(F)(F)C(F)(F)C(F)(F)C(F)(F)F. The third-order valence-electron chi connectivity index (χ3n) is 4.85. The lowest BCUT2D eigenvalue weighted by molar-refractivity contribution is -0.529. The minimum absolute atomic E-state index is 0.546. The molecule has 0 saturated heterocycles. The van der Waals surface area contributed by atoms with Gasteiger partial charge in [0.15, 0.2) is 0 Å². The van der Waals surface area contributed by atoms with Gasteiger partial charge in [0.25, 0.3) is 0 Å². The summed E-state index contributed by atoms with van der Waals surface area (Å²) in [7, 11) is 0. The molecule has 0 aromatic heterocycles. The largest absolute Gasteiger partial charge is 0.460 e. The van der Waals surface area contributed by atoms with E-state index in [4.69, 9.17) is 0 Å². The molecule has 0 spiro atoms. The number of ether oxygens (including phenoxy) is 1. The van der Waals surface area contributed by atoms with Gasteiger partial charge in [-0.15, -0.1) is 0 Å². The van der Waals surface area contributed by atoms with Crippen molar-refractivity contribution in [2.75, 3.05) is 0 Å². The highest BCUT2D eigenvalue weighted by molar-refractivity contribution is 5.14. The lowest BCUT2D eigenvalue weighted by Gasteiger charge is -2.43. The summed E-state index contributed by atoms with van der Waals surface area (Å²) in [6.07, 6.45) is -34.7. The maximum atomic E-state index is 13.4. The summed E-state index contributed by atoms with van der Waals surface area (Å²) in [5.74, 6) is -92.1. The first-order valence-electron chi connectivity index (χ1n) is 9.08. The zero-order valence-electron chi connectivity index (χ0n) is 18.7. The predicted octanol–water partition coefficient (Wildman–Crippen LogP) is 9.67. The van der Waals surface area contributed by atoms with Crippen LogP contribution in [-0.4, -0.2) is 83.8 Å². The molecule has 0 aromatic rings. The minimum atomic E-state index is -9.47. The molecule has 0 atom stereocenters. The van der Waals surface area contributed by atoms with E-state index >= 15 is 0 Å². The number of alkyl halides is 30. The van der Waals surface area contributed by atoms with Crippen LogP contribution in [-0.2, 0) is 4.74 Å². The Kier molecular flexibility index (Phi) is 9.69. The number of rotatable bonds is 12. The third kappa shape index (κ3) is 5.32. The third-order valence-corrected chi connectivity index (χ3v) is 4.85. The molecule has 0 bridgehead atoms. The summed E-state index contributed by atoms with van der Waals surface area (Å²) in [5.41, 5.74) is 0. The van der Waals surface area contributed by atoms with E-state index in [9.17, 15) is 132 Å². The highest BCUT2D eigenvalue weighted by atomic mass is 19.4. The molecule has 272 valence electrons. The van der Waals surface area contributed by atoms with Gasteiger partial charge in [0, 0.05) is 0 Å². The van der Waals surface area contributed by atoms with E-state index in [1.165, 1.54) is 0 Å². The molecule has 0 radical (unpaired) electrons. The van der Waals surface area contributed by atoms with Crippen molar-refractivity contribution in [2.24, 2.45) is 0 Å². The van der Waals surface area contributed by atoms with Crippen LogP contribution in [0.3, 0.4) is 0 Å². The molecule has 0 amide bonds. The topological polar surface area (TPSA) is 9.23 Å². The first-order chi connectivity index (χ1) is 18.7. The molecule has 0 aromatic carbocycles. The summed E-state index contributed by atoms with van der Waals surface area (Å²) in [4.78, 5) is 0. The van der Waals surface area contributed by atoms with E-state index in [1.807, 2.05) is 0 Å². The highest BCUT2D eigenvalue weighted by Crippen LogP contribution is 2.66. The molecule has 1 nitrogen and oxygen atoms in total. The van der Waals surface area contributed by atoms with Gasteiger partial charge in [-0.3, -0.25) is 0 Å². The van der Waals surface area contributed by atoms with Crippen molar-refractivity contribution in [3.8, 4) is 0 Å². The Bertz CT molecular complexity index is 985. The maximum absolute atomic E-state index is 13.4. The van der Waals surface area contributed by atoms with Crippen LogP contribution in [0.15, 0.2) is 0 Å². The van der Waals surface area contributed by atoms with Gasteiger partial charge in [-0.1, -0.05) is 0 Å². The second-order valence-corrected chi connectivity index (χ2v) is 7.88. The summed E-state index contributed by atoms with van der Waals surface area (Å²) < 4.78 is 388. The molecular weight excluding hydrogens is 754 g/mol. The van der Waals surface area contributed by atoms with Crippen LogP contribution in [0.1, 0.15) is 0 Å². The minimum Gasteiger partial charge on any atom is -0.245 e. The molecule has 0 aliphatic rings. The summed E-state index contributed by atoms with van der Waals surface area (Å²) in [5, 5.41) is 0. The fraction of sp³-hybridized carbons (Fsp3) is 1.00. The van der Waals surface area contributed by atoms with Crippen LogP contribution in [0, 0.1) is 0 Å². The standard InChI is InChI=1S/C14F30O/c15-1(16,3(19,20)7(27,28)11(35,36)37)5(23,24)9(31,32)13(41,42)45-14(43,44)10(33,34)6(25,26)2(17,18)4(21,22)8(29,30)12(38,39)40. The van der Waals surface area contributed by atoms with Crippen LogP contribution >= 0.6 is 0 Å². The molecule has 31 heteroatoms. The van der Waals surface area contributed by atoms with E-state index in [2.05, 4.69) is 0 Å². The first-order valence-corrected chi connectivity index (χ1v) is 9.08. The van der Waals surface area contributed by atoms with Crippen LogP contribution in [0.5, 0.6) is 0 Å². The van der Waals surface area contributed by atoms with Crippen LogP contribution in [0.25, 0.3) is 0 Å². The average molecular weight is 754 g/mol. The summed E-state index contributed by atoms with van der Waals surface area (Å²) in [6.45, 7) is 0. The normalized spacial score (nSPS) is 17.2. The molecule has 0 N–H and O–H groups in total. The second kappa shape index (κ2) is 10.2. The maximum Gasteiger partial charge on any atom is 0.460 e. The average Bonchev–Trinajstić information content (AvgIpc) is 2.75. The van der Waals surface area contributed by atoms with Crippen molar-refractivity contribution in [2.45, 2.75) is 83.8 Å². The summed E-state index contributed by atoms with van der Waals surface area (Å²) in [6, 6.07) is 0. The number of hydrogen-bond donors (Lipinski definition) is 0. The van der Waals surface area contributed by atoms with Gasteiger partial charge in [0.2, 0.25) is 0 Å². The Morgan fingerprint density at radius 3 is 0.467 bits per heavy atom. The van der Waals surface area contributed by atoms with Crippen molar-refractivity contribution in [1.82, 2.24) is 0 Å². The monoisotopic (exact) mass is 754 g/mol. The number of hydrogen-bond acceptors (Lipinski definition) is 1. The van der Waals surface area contributed by atoms with Gasteiger partial charge >= 0.3 is 83.8 Å². The Labute approximate surface area is 222 Å². The Morgan fingerprint density at radius 2 is 0.311 bits per heavy atom. The first kappa shape index (κ1) is 42.9. The van der Waals surface area contributed by atoms with Crippen molar-refractivity contribution in [1.29, 1.82) is 0 Å². The van der Waals surface area contributed by atoms with Gasteiger partial charge in [0.05, 0.1) is 0 Å². The lowest BCUT2D eigenvalue weighted by atomic mass is 9.92. The van der Waals surface area contributed by atoms with Crippen molar-refractivity contribution in [3.63, 3.8) is 0 Å². The van der Waals surface area contributed by atoms with Crippen molar-refractivity contribution >= 4 is 0 Å². The highest BCUT2D eigenvalue weighted by Gasteiger charge is 2.97. The smallest absolute Gasteiger partial charge is 0.245 e. The number of halogens is 30. The van der Waals surface area contributed by atoms with Gasteiger partial charge in [0.1, 0.15) is 0 Å².